The maximum absolute atomic E-state index is 5.27. The highest BCUT2D eigenvalue weighted by atomic mass is 16.5. The minimum absolute atomic E-state index is 0.944. The Morgan fingerprint density at radius 3 is 3.17 bits per heavy atom. The van der Waals surface area contributed by atoms with Gasteiger partial charge in [0.1, 0.15) is 5.75 Å². The van der Waals surface area contributed by atoms with E-state index in [2.05, 4.69) is 18.6 Å². The first kappa shape index (κ1) is 7.66. The number of hydrogen-bond donors (Lipinski definition) is 0. The molecule has 0 fully saturated rings. The van der Waals surface area contributed by atoms with Crippen LogP contribution in [0.3, 0.4) is 0 Å². The van der Waals surface area contributed by atoms with Gasteiger partial charge in [-0.15, -0.1) is 0 Å². The van der Waals surface area contributed by atoms with Gasteiger partial charge in [-0.2, -0.15) is 0 Å². The van der Waals surface area contributed by atoms with Gasteiger partial charge in [0.25, 0.3) is 0 Å². The third-order valence-electron chi connectivity index (χ3n) is 2.32. The number of aryl methyl sites for hydroxylation is 1. The largest absolute Gasteiger partial charge is 0.496 e. The molecule has 0 spiro atoms. The molecule has 0 unspecified atom stereocenters. The monoisotopic (exact) mass is 160 g/mol. The first-order valence-corrected chi connectivity index (χ1v) is 4.27. The van der Waals surface area contributed by atoms with Crippen LogP contribution in [0.5, 0.6) is 5.75 Å². The molecule has 0 saturated heterocycles. The average Bonchev–Trinajstić information content (AvgIpc) is 2.17. The summed E-state index contributed by atoms with van der Waals surface area (Å²) in [6, 6.07) is 6.26. The molecule has 62 valence electrons. The molecule has 1 aliphatic rings. The maximum Gasteiger partial charge on any atom is 0.122 e. The van der Waals surface area contributed by atoms with Gasteiger partial charge in [-0.05, 0) is 42.9 Å². The van der Waals surface area contributed by atoms with Gasteiger partial charge in [-0.25, -0.2) is 0 Å². The Morgan fingerprint density at radius 1 is 1.42 bits per heavy atom. The van der Waals surface area contributed by atoms with Crippen LogP contribution in [-0.2, 0) is 12.8 Å². The predicted molar refractivity (Wildman–Crippen MR) is 48.3 cm³/mol. The molecule has 1 aromatic rings. The van der Waals surface area contributed by atoms with E-state index in [1.165, 1.54) is 11.1 Å². The normalized spacial score (nSPS) is 15.4. The number of rotatable bonds is 1. The van der Waals surface area contributed by atoms with Crippen molar-refractivity contribution < 1.29 is 4.74 Å². The van der Waals surface area contributed by atoms with Gasteiger partial charge in [0, 0.05) is 0 Å². The first-order chi connectivity index (χ1) is 5.92. The van der Waals surface area contributed by atoms with E-state index in [9.17, 15) is 0 Å². The zero-order valence-electron chi connectivity index (χ0n) is 7.26. The molecule has 2 radical (unpaired) electrons. The van der Waals surface area contributed by atoms with E-state index in [0.29, 0.717) is 0 Å². The Kier molecular flexibility index (Phi) is 2.03. The van der Waals surface area contributed by atoms with E-state index in [1.54, 1.807) is 7.11 Å². The van der Waals surface area contributed by atoms with Gasteiger partial charge >= 0.3 is 0 Å². The molecule has 1 heteroatoms. The zero-order chi connectivity index (χ0) is 8.39. The standard InChI is InChI=1S/C11H12O/c1-12-11-8-4-6-9-5-2-3-7-10(9)11/h4,6,8H,2,5,7H2,1H3. The Balaban J connectivity index is 2.44. The van der Waals surface area contributed by atoms with Crippen molar-refractivity contribution in [2.45, 2.75) is 19.3 Å². The molecule has 0 aromatic heterocycles. The lowest BCUT2D eigenvalue weighted by Gasteiger charge is -2.17. The summed E-state index contributed by atoms with van der Waals surface area (Å²) >= 11 is 0. The molecule has 0 amide bonds. The van der Waals surface area contributed by atoms with E-state index in [1.807, 2.05) is 6.07 Å². The summed E-state index contributed by atoms with van der Waals surface area (Å²) in [6.07, 6.45) is 6.48. The summed E-state index contributed by atoms with van der Waals surface area (Å²) in [7, 11) is 1.73. The molecule has 1 aromatic carbocycles. The van der Waals surface area contributed by atoms with Crippen LogP contribution >= 0.6 is 0 Å². The molecule has 2 rings (SSSR count). The average molecular weight is 160 g/mol. The van der Waals surface area contributed by atoms with Crippen LogP contribution in [0.4, 0.5) is 0 Å². The second-order valence-corrected chi connectivity index (χ2v) is 3.02. The van der Waals surface area contributed by atoms with Gasteiger partial charge < -0.3 is 4.74 Å². The van der Waals surface area contributed by atoms with Crippen molar-refractivity contribution in [1.82, 2.24) is 0 Å². The summed E-state index contributed by atoms with van der Waals surface area (Å²) in [5.41, 5.74) is 2.75. The number of ether oxygens (including phenoxy) is 1. The van der Waals surface area contributed by atoms with Crippen molar-refractivity contribution in [2.75, 3.05) is 7.11 Å². The predicted octanol–water partition coefficient (Wildman–Crippen LogP) is 2.27. The molecule has 12 heavy (non-hydrogen) atoms. The van der Waals surface area contributed by atoms with E-state index in [-0.39, 0.29) is 0 Å². The molecular formula is C11H12O. The van der Waals surface area contributed by atoms with Crippen molar-refractivity contribution in [2.24, 2.45) is 0 Å². The lowest BCUT2D eigenvalue weighted by atomic mass is 9.91. The van der Waals surface area contributed by atoms with Gasteiger partial charge in [-0.1, -0.05) is 12.1 Å². The van der Waals surface area contributed by atoms with E-state index in [0.717, 1.165) is 25.0 Å². The summed E-state index contributed by atoms with van der Waals surface area (Å²) in [5, 5.41) is 0. The molecule has 0 aliphatic heterocycles. The van der Waals surface area contributed by atoms with Crippen LogP contribution in [0.25, 0.3) is 0 Å². The third kappa shape index (κ3) is 1.20. The fourth-order valence-corrected chi connectivity index (χ4v) is 1.67. The van der Waals surface area contributed by atoms with Crippen molar-refractivity contribution in [3.05, 3.63) is 35.7 Å². The van der Waals surface area contributed by atoms with Crippen LogP contribution in [0, 0.1) is 6.42 Å². The van der Waals surface area contributed by atoms with Crippen LogP contribution in [0.2, 0.25) is 0 Å². The Morgan fingerprint density at radius 2 is 2.33 bits per heavy atom. The van der Waals surface area contributed by atoms with Crippen LogP contribution in [0.1, 0.15) is 17.5 Å². The van der Waals surface area contributed by atoms with E-state index < -0.39 is 0 Å². The quantitative estimate of drug-likeness (QED) is 0.612. The highest BCUT2D eigenvalue weighted by molar-refractivity contribution is 5.42. The van der Waals surface area contributed by atoms with Crippen molar-refractivity contribution in [3.8, 4) is 5.75 Å². The molecule has 0 atom stereocenters. The summed E-state index contributed by atoms with van der Waals surface area (Å²) < 4.78 is 5.27. The third-order valence-corrected chi connectivity index (χ3v) is 2.32. The fraction of sp³-hybridized carbons (Fsp3) is 0.364. The number of benzene rings is 1. The second kappa shape index (κ2) is 3.18. The zero-order valence-corrected chi connectivity index (χ0v) is 7.26. The van der Waals surface area contributed by atoms with Crippen LogP contribution < -0.4 is 4.74 Å². The van der Waals surface area contributed by atoms with E-state index in [4.69, 9.17) is 4.74 Å². The molecule has 0 heterocycles. The molecule has 1 nitrogen and oxygen atoms in total. The highest BCUT2D eigenvalue weighted by Crippen LogP contribution is 2.28. The van der Waals surface area contributed by atoms with Crippen molar-refractivity contribution in [3.63, 3.8) is 0 Å². The van der Waals surface area contributed by atoms with Crippen molar-refractivity contribution in [1.29, 1.82) is 0 Å². The number of hydrogen-bond acceptors (Lipinski definition) is 1. The Labute approximate surface area is 73.4 Å². The van der Waals surface area contributed by atoms with Crippen molar-refractivity contribution >= 4 is 0 Å². The fourth-order valence-electron chi connectivity index (χ4n) is 1.67. The highest BCUT2D eigenvalue weighted by Gasteiger charge is 2.12. The smallest absolute Gasteiger partial charge is 0.122 e. The Hall–Kier alpha value is -0.980. The number of methoxy groups -OCH3 is 1. The van der Waals surface area contributed by atoms with Gasteiger partial charge in [0.2, 0.25) is 0 Å². The SMILES string of the molecule is COc1cccc2c1C[C]CC2. The van der Waals surface area contributed by atoms with Crippen LogP contribution in [0.15, 0.2) is 18.2 Å². The Bertz CT molecular complexity index is 264. The molecule has 0 N–H and O–H groups in total. The lowest BCUT2D eigenvalue weighted by Crippen LogP contribution is -2.04. The second-order valence-electron chi connectivity index (χ2n) is 3.02. The molecular weight excluding hydrogens is 148 g/mol. The summed E-state index contributed by atoms with van der Waals surface area (Å²) in [6.45, 7) is 0. The van der Waals surface area contributed by atoms with Gasteiger partial charge in [0.15, 0.2) is 0 Å². The maximum atomic E-state index is 5.27. The lowest BCUT2D eigenvalue weighted by molar-refractivity contribution is 0.408. The van der Waals surface area contributed by atoms with Crippen LogP contribution in [-0.4, -0.2) is 7.11 Å². The summed E-state index contributed by atoms with van der Waals surface area (Å²) in [4.78, 5) is 0. The summed E-state index contributed by atoms with van der Waals surface area (Å²) in [5.74, 6) is 1.01. The van der Waals surface area contributed by atoms with E-state index >= 15 is 0 Å². The first-order valence-electron chi connectivity index (χ1n) is 4.27. The van der Waals surface area contributed by atoms with Gasteiger partial charge in [0.05, 0.1) is 7.11 Å². The minimum Gasteiger partial charge on any atom is -0.496 e. The minimum atomic E-state index is 0.944. The number of fused-ring (bicyclic) bond motifs is 1. The molecule has 0 bridgehead atoms. The molecule has 1 aliphatic carbocycles. The molecule has 0 saturated carbocycles. The topological polar surface area (TPSA) is 9.23 Å². The van der Waals surface area contributed by atoms with Gasteiger partial charge in [-0.3, -0.25) is 0 Å².